The minimum atomic E-state index is -0.109. The number of hydrogen-bond donors (Lipinski definition) is 0. The maximum Gasteiger partial charge on any atom is 0.271 e. The van der Waals surface area contributed by atoms with E-state index >= 15 is 0 Å². The topological polar surface area (TPSA) is 41.9 Å². The van der Waals surface area contributed by atoms with E-state index in [0.29, 0.717) is 32.5 Å². The number of thioether (sulfide) groups is 1. The van der Waals surface area contributed by atoms with Crippen LogP contribution in [0.4, 0.5) is 11.4 Å². The molecule has 190 valence electrons. The maximum atomic E-state index is 13.5. The number of amides is 1. The molecule has 5 rings (SSSR count). The quantitative estimate of drug-likeness (QED) is 0.222. The molecule has 0 atom stereocenters. The molecule has 0 spiro atoms. The number of nitrogens with zero attached hydrogens (tertiary/aromatic N) is 2. The molecule has 4 aromatic carbocycles. The van der Waals surface area contributed by atoms with Crippen LogP contribution in [-0.4, -0.2) is 11.1 Å². The van der Waals surface area contributed by atoms with E-state index in [9.17, 15) is 4.79 Å². The van der Waals surface area contributed by atoms with Crippen LogP contribution in [0.25, 0.3) is 6.08 Å². The molecule has 4 aromatic rings. The van der Waals surface area contributed by atoms with Crippen molar-refractivity contribution in [3.05, 3.63) is 128 Å². The van der Waals surface area contributed by atoms with Gasteiger partial charge in [-0.25, -0.2) is 4.99 Å². The summed E-state index contributed by atoms with van der Waals surface area (Å²) in [6.07, 6.45) is 1.88. The summed E-state index contributed by atoms with van der Waals surface area (Å²) in [5.41, 5.74) is 5.61. The Labute approximate surface area is 236 Å². The van der Waals surface area contributed by atoms with E-state index in [4.69, 9.17) is 32.9 Å². The van der Waals surface area contributed by atoms with E-state index in [-0.39, 0.29) is 5.91 Å². The number of anilines is 1. The molecule has 1 fully saturated rings. The fraction of sp³-hybridized carbons (Fsp3) is 0.0968. The van der Waals surface area contributed by atoms with Gasteiger partial charge in [0.05, 0.1) is 16.3 Å². The number of carbonyl (C=O) groups excluding carboxylic acids is 1. The van der Waals surface area contributed by atoms with Gasteiger partial charge in [0.15, 0.2) is 5.17 Å². The first-order valence-electron chi connectivity index (χ1n) is 12.0. The van der Waals surface area contributed by atoms with E-state index in [1.54, 1.807) is 17.0 Å². The molecule has 0 unspecified atom stereocenters. The summed E-state index contributed by atoms with van der Waals surface area (Å²) >= 11 is 13.6. The molecule has 0 N–H and O–H groups in total. The first kappa shape index (κ1) is 26.1. The predicted molar refractivity (Wildman–Crippen MR) is 160 cm³/mol. The van der Waals surface area contributed by atoms with Crippen LogP contribution in [0.3, 0.4) is 0 Å². The van der Waals surface area contributed by atoms with Crippen LogP contribution in [0.1, 0.15) is 22.3 Å². The molecular formula is C31H24Cl2N2O2S. The fourth-order valence-electron chi connectivity index (χ4n) is 3.81. The van der Waals surface area contributed by atoms with Crippen molar-refractivity contribution in [1.82, 2.24) is 0 Å². The summed E-state index contributed by atoms with van der Waals surface area (Å²) in [5, 5.41) is 1.77. The van der Waals surface area contributed by atoms with Gasteiger partial charge >= 0.3 is 0 Å². The molecule has 1 aliphatic heterocycles. The highest BCUT2D eigenvalue weighted by molar-refractivity contribution is 8.19. The van der Waals surface area contributed by atoms with Crippen LogP contribution in [0.2, 0.25) is 10.0 Å². The minimum Gasteiger partial charge on any atom is -0.489 e. The second-order valence-electron chi connectivity index (χ2n) is 8.91. The lowest BCUT2D eigenvalue weighted by molar-refractivity contribution is -0.113. The normalized spacial score (nSPS) is 15.5. The third-order valence-electron chi connectivity index (χ3n) is 5.94. The van der Waals surface area contributed by atoms with Gasteiger partial charge in [0, 0.05) is 15.6 Å². The first-order valence-corrected chi connectivity index (χ1v) is 13.6. The Kier molecular flexibility index (Phi) is 7.89. The van der Waals surface area contributed by atoms with E-state index in [1.807, 2.05) is 98.8 Å². The monoisotopic (exact) mass is 558 g/mol. The van der Waals surface area contributed by atoms with Crippen LogP contribution >= 0.6 is 35.0 Å². The Morgan fingerprint density at radius 3 is 2.18 bits per heavy atom. The van der Waals surface area contributed by atoms with Gasteiger partial charge in [0.1, 0.15) is 12.4 Å². The van der Waals surface area contributed by atoms with Gasteiger partial charge in [0.2, 0.25) is 0 Å². The van der Waals surface area contributed by atoms with Crippen LogP contribution < -0.4 is 9.64 Å². The Balaban J connectivity index is 1.38. The molecule has 1 heterocycles. The lowest BCUT2D eigenvalue weighted by Crippen LogP contribution is -2.28. The van der Waals surface area contributed by atoms with Crippen molar-refractivity contribution in [1.29, 1.82) is 0 Å². The SMILES string of the molecule is Cc1ccc(N=C2S/C(=C/c3ccc(OCc4ccc(Cl)cc4Cl)cc3)C(=O)N2c2ccc(C)cc2)cc1. The Morgan fingerprint density at radius 2 is 1.53 bits per heavy atom. The minimum absolute atomic E-state index is 0.109. The lowest BCUT2D eigenvalue weighted by atomic mass is 10.2. The molecule has 0 radical (unpaired) electrons. The van der Waals surface area contributed by atoms with Gasteiger partial charge in [-0.3, -0.25) is 9.69 Å². The third kappa shape index (κ3) is 6.13. The standard InChI is InChI=1S/C31H24Cl2N2O2S/c1-20-3-11-25(12-4-20)34-31-35(26-13-5-21(2)6-14-26)30(36)29(38-31)17-22-7-15-27(16-8-22)37-19-23-9-10-24(32)18-28(23)33/h3-18H,19H2,1-2H3/b29-17+,34-31?. The Bertz CT molecular complexity index is 1530. The second-order valence-corrected chi connectivity index (χ2v) is 10.8. The number of rotatable bonds is 6. The van der Waals surface area contributed by atoms with Gasteiger partial charge in [-0.15, -0.1) is 0 Å². The molecule has 0 bridgehead atoms. The second kappa shape index (κ2) is 11.5. The fourth-order valence-corrected chi connectivity index (χ4v) is 5.28. The van der Waals surface area contributed by atoms with Crippen molar-refractivity contribution in [2.45, 2.75) is 20.5 Å². The predicted octanol–water partition coefficient (Wildman–Crippen LogP) is 9.00. The van der Waals surface area contributed by atoms with Crippen molar-refractivity contribution in [2.75, 3.05) is 4.90 Å². The number of ether oxygens (including phenoxy) is 1. The first-order chi connectivity index (χ1) is 18.4. The molecule has 1 saturated heterocycles. The van der Waals surface area contributed by atoms with E-state index in [2.05, 4.69) is 0 Å². The van der Waals surface area contributed by atoms with Gasteiger partial charge in [-0.05, 0) is 85.8 Å². The molecule has 4 nitrogen and oxygen atoms in total. The molecule has 0 aliphatic carbocycles. The molecular weight excluding hydrogens is 535 g/mol. The number of halogens is 2. The smallest absolute Gasteiger partial charge is 0.271 e. The summed E-state index contributed by atoms with van der Waals surface area (Å²) in [6.45, 7) is 4.39. The number of aryl methyl sites for hydroxylation is 2. The summed E-state index contributed by atoms with van der Waals surface area (Å²) in [7, 11) is 0. The van der Waals surface area contributed by atoms with E-state index < -0.39 is 0 Å². The molecule has 1 amide bonds. The van der Waals surface area contributed by atoms with Crippen molar-refractivity contribution in [3.8, 4) is 5.75 Å². The average Bonchev–Trinajstić information content (AvgIpc) is 3.20. The zero-order valence-electron chi connectivity index (χ0n) is 20.8. The van der Waals surface area contributed by atoms with Crippen molar-refractivity contribution in [2.24, 2.45) is 4.99 Å². The average molecular weight is 560 g/mol. The number of amidine groups is 1. The van der Waals surface area contributed by atoms with Crippen molar-refractivity contribution >= 4 is 63.5 Å². The highest BCUT2D eigenvalue weighted by Crippen LogP contribution is 2.37. The number of benzene rings is 4. The summed E-state index contributed by atoms with van der Waals surface area (Å²) < 4.78 is 5.89. The lowest BCUT2D eigenvalue weighted by Gasteiger charge is -2.16. The summed E-state index contributed by atoms with van der Waals surface area (Å²) in [6, 6.07) is 28.7. The highest BCUT2D eigenvalue weighted by atomic mass is 35.5. The van der Waals surface area contributed by atoms with Crippen LogP contribution in [0.5, 0.6) is 5.75 Å². The maximum absolute atomic E-state index is 13.5. The number of hydrogen-bond acceptors (Lipinski definition) is 4. The van der Waals surface area contributed by atoms with Gasteiger partial charge < -0.3 is 4.74 Å². The van der Waals surface area contributed by atoms with Crippen LogP contribution in [-0.2, 0) is 11.4 Å². The Hall–Kier alpha value is -3.51. The van der Waals surface area contributed by atoms with Crippen molar-refractivity contribution < 1.29 is 9.53 Å². The van der Waals surface area contributed by atoms with Gasteiger partial charge in [-0.2, -0.15) is 0 Å². The molecule has 38 heavy (non-hydrogen) atoms. The van der Waals surface area contributed by atoms with E-state index in [0.717, 1.165) is 33.6 Å². The highest BCUT2D eigenvalue weighted by Gasteiger charge is 2.34. The summed E-state index contributed by atoms with van der Waals surface area (Å²) in [5.74, 6) is 0.592. The van der Waals surface area contributed by atoms with E-state index in [1.165, 1.54) is 11.8 Å². The van der Waals surface area contributed by atoms with Gasteiger partial charge in [-0.1, -0.05) is 76.8 Å². The van der Waals surface area contributed by atoms with Gasteiger partial charge in [0.25, 0.3) is 5.91 Å². The summed E-state index contributed by atoms with van der Waals surface area (Å²) in [4.78, 5) is 20.6. The molecule has 7 heteroatoms. The zero-order valence-corrected chi connectivity index (χ0v) is 23.1. The number of carbonyl (C=O) groups is 1. The third-order valence-corrected chi connectivity index (χ3v) is 7.50. The molecule has 0 saturated carbocycles. The zero-order chi connectivity index (χ0) is 26.6. The molecule has 1 aliphatic rings. The largest absolute Gasteiger partial charge is 0.489 e. The van der Waals surface area contributed by atoms with Crippen molar-refractivity contribution in [3.63, 3.8) is 0 Å². The number of aliphatic imine (C=N–C) groups is 1. The van der Waals surface area contributed by atoms with Crippen LogP contribution in [0.15, 0.2) is 101 Å². The van der Waals surface area contributed by atoms with Crippen LogP contribution in [0, 0.1) is 13.8 Å². The molecule has 0 aromatic heterocycles. The Morgan fingerprint density at radius 1 is 0.868 bits per heavy atom.